The quantitative estimate of drug-likeness (QED) is 0.285. The highest BCUT2D eigenvalue weighted by molar-refractivity contribution is 5.97. The van der Waals surface area contributed by atoms with Gasteiger partial charge in [-0.3, -0.25) is 4.79 Å². The lowest BCUT2D eigenvalue weighted by atomic mass is 10.1. The summed E-state index contributed by atoms with van der Waals surface area (Å²) in [7, 11) is 1.51. The molecule has 1 heterocycles. The average molecular weight is 395 g/mol. The van der Waals surface area contributed by atoms with Crippen LogP contribution in [0.25, 0.3) is 11.0 Å². The van der Waals surface area contributed by atoms with E-state index in [0.29, 0.717) is 23.2 Å². The van der Waals surface area contributed by atoms with E-state index in [1.54, 1.807) is 36.4 Å². The van der Waals surface area contributed by atoms with Gasteiger partial charge in [0.25, 0.3) is 5.91 Å². The van der Waals surface area contributed by atoms with Gasteiger partial charge in [0.15, 0.2) is 0 Å². The van der Waals surface area contributed by atoms with Crippen LogP contribution in [0, 0.1) is 0 Å². The molecular weight excluding hydrogens is 374 g/mol. The minimum absolute atomic E-state index is 0.0604. The molecule has 3 aromatic rings. The fraction of sp³-hybridized carbons (Fsp3) is 0.227. The normalized spacial score (nSPS) is 10.6. The van der Waals surface area contributed by atoms with Crippen molar-refractivity contribution < 1.29 is 23.5 Å². The maximum Gasteiger partial charge on any atom is 0.349 e. The zero-order valence-corrected chi connectivity index (χ0v) is 16.2. The number of rotatable bonds is 7. The number of hydrogen-bond donors (Lipinski definition) is 1. The topological polar surface area (TPSA) is 94.8 Å². The van der Waals surface area contributed by atoms with E-state index in [9.17, 15) is 14.4 Å². The lowest BCUT2D eigenvalue weighted by molar-refractivity contribution is 0.0734. The van der Waals surface area contributed by atoms with Crippen molar-refractivity contribution in [1.29, 1.82) is 0 Å². The molecule has 0 atom stereocenters. The summed E-state index contributed by atoms with van der Waals surface area (Å²) in [6.07, 6.45) is 1.76. The molecule has 1 amide bonds. The van der Waals surface area contributed by atoms with Crippen LogP contribution in [0.2, 0.25) is 0 Å². The lowest BCUT2D eigenvalue weighted by Crippen LogP contribution is -2.28. The van der Waals surface area contributed by atoms with E-state index in [4.69, 9.17) is 13.9 Å². The van der Waals surface area contributed by atoms with Gasteiger partial charge in [-0.2, -0.15) is 0 Å². The van der Waals surface area contributed by atoms with Crippen LogP contribution in [-0.2, 0) is 0 Å². The number of esters is 1. The SMILES string of the molecule is CCCCNC(=O)c1cc2ccc(OC(=O)c3cccc(OC)c3)cc2oc1=O. The third-order valence-corrected chi connectivity index (χ3v) is 4.28. The van der Waals surface area contributed by atoms with Gasteiger partial charge < -0.3 is 19.2 Å². The van der Waals surface area contributed by atoms with Gasteiger partial charge in [-0.05, 0) is 42.8 Å². The van der Waals surface area contributed by atoms with Gasteiger partial charge in [-0.1, -0.05) is 19.4 Å². The van der Waals surface area contributed by atoms with Crippen molar-refractivity contribution in [2.45, 2.75) is 19.8 Å². The Bertz CT molecular complexity index is 1100. The number of carbonyl (C=O) groups is 2. The van der Waals surface area contributed by atoms with Crippen LogP contribution in [0.1, 0.15) is 40.5 Å². The van der Waals surface area contributed by atoms with E-state index in [0.717, 1.165) is 12.8 Å². The molecule has 7 nitrogen and oxygen atoms in total. The molecule has 29 heavy (non-hydrogen) atoms. The Labute approximate surface area is 167 Å². The van der Waals surface area contributed by atoms with Crippen LogP contribution in [-0.4, -0.2) is 25.5 Å². The van der Waals surface area contributed by atoms with Gasteiger partial charge in [0.05, 0.1) is 12.7 Å². The Morgan fingerprint density at radius 1 is 1.07 bits per heavy atom. The van der Waals surface area contributed by atoms with E-state index >= 15 is 0 Å². The molecule has 0 aliphatic rings. The van der Waals surface area contributed by atoms with Gasteiger partial charge in [0, 0.05) is 18.0 Å². The van der Waals surface area contributed by atoms with Gasteiger partial charge in [0.1, 0.15) is 22.6 Å². The number of hydrogen-bond acceptors (Lipinski definition) is 6. The fourth-order valence-corrected chi connectivity index (χ4v) is 2.70. The first kappa shape index (κ1) is 20.1. The lowest BCUT2D eigenvalue weighted by Gasteiger charge is -2.07. The summed E-state index contributed by atoms with van der Waals surface area (Å²) in [6, 6.07) is 12.7. The van der Waals surface area contributed by atoms with Crippen molar-refractivity contribution >= 4 is 22.8 Å². The van der Waals surface area contributed by atoms with Crippen molar-refractivity contribution in [3.8, 4) is 11.5 Å². The van der Waals surface area contributed by atoms with Crippen LogP contribution in [0.15, 0.2) is 57.7 Å². The molecule has 1 aromatic heterocycles. The molecule has 0 fully saturated rings. The van der Waals surface area contributed by atoms with Gasteiger partial charge in [0.2, 0.25) is 0 Å². The minimum Gasteiger partial charge on any atom is -0.497 e. The van der Waals surface area contributed by atoms with Crippen molar-refractivity contribution in [2.24, 2.45) is 0 Å². The van der Waals surface area contributed by atoms with Gasteiger partial charge in [-0.15, -0.1) is 0 Å². The Kier molecular flexibility index (Phi) is 6.29. The Morgan fingerprint density at radius 2 is 1.90 bits per heavy atom. The highest BCUT2D eigenvalue weighted by Gasteiger charge is 2.15. The Balaban J connectivity index is 1.81. The molecule has 0 unspecified atom stereocenters. The number of amides is 1. The molecule has 0 radical (unpaired) electrons. The summed E-state index contributed by atoms with van der Waals surface area (Å²) in [5.74, 6) is -0.289. The number of ether oxygens (including phenoxy) is 2. The molecule has 0 bridgehead atoms. The van der Waals surface area contributed by atoms with Crippen molar-refractivity contribution in [1.82, 2.24) is 5.32 Å². The smallest absolute Gasteiger partial charge is 0.349 e. The van der Waals surface area contributed by atoms with E-state index in [1.165, 1.54) is 19.2 Å². The van der Waals surface area contributed by atoms with Crippen LogP contribution < -0.4 is 20.4 Å². The van der Waals surface area contributed by atoms with Crippen LogP contribution >= 0.6 is 0 Å². The zero-order chi connectivity index (χ0) is 20.8. The zero-order valence-electron chi connectivity index (χ0n) is 16.2. The molecule has 1 N–H and O–H groups in total. The molecule has 3 rings (SSSR count). The molecule has 0 aliphatic heterocycles. The predicted octanol–water partition coefficient (Wildman–Crippen LogP) is 3.55. The molecular formula is C22H21NO6. The number of methoxy groups -OCH3 is 1. The van der Waals surface area contributed by atoms with E-state index < -0.39 is 17.5 Å². The summed E-state index contributed by atoms with van der Waals surface area (Å²) in [4.78, 5) is 36.7. The number of fused-ring (bicyclic) bond motifs is 1. The second kappa shape index (κ2) is 9.05. The number of nitrogens with one attached hydrogen (secondary N) is 1. The Morgan fingerprint density at radius 3 is 2.66 bits per heavy atom. The average Bonchev–Trinajstić information content (AvgIpc) is 2.73. The van der Waals surface area contributed by atoms with E-state index in [1.807, 2.05) is 6.92 Å². The maximum atomic E-state index is 12.3. The first-order valence-corrected chi connectivity index (χ1v) is 9.24. The third-order valence-electron chi connectivity index (χ3n) is 4.28. The second-order valence-corrected chi connectivity index (χ2v) is 6.38. The standard InChI is InChI=1S/C22H21NO6/c1-3-4-10-23-20(24)18-12-14-8-9-17(13-19(14)29-22(18)26)28-21(25)15-6-5-7-16(11-15)27-2/h5-9,11-13H,3-4,10H2,1-2H3,(H,23,24). The van der Waals surface area contributed by atoms with Crippen molar-refractivity contribution in [2.75, 3.05) is 13.7 Å². The molecule has 0 spiro atoms. The van der Waals surface area contributed by atoms with E-state index in [-0.39, 0.29) is 16.9 Å². The number of unbranched alkanes of at least 4 members (excludes halogenated alkanes) is 1. The Hall–Kier alpha value is -3.61. The second-order valence-electron chi connectivity index (χ2n) is 6.38. The highest BCUT2D eigenvalue weighted by Crippen LogP contribution is 2.22. The summed E-state index contributed by atoms with van der Waals surface area (Å²) in [5, 5.41) is 3.24. The molecule has 2 aromatic carbocycles. The first-order valence-electron chi connectivity index (χ1n) is 9.24. The van der Waals surface area contributed by atoms with Crippen LogP contribution in [0.3, 0.4) is 0 Å². The first-order chi connectivity index (χ1) is 14.0. The van der Waals surface area contributed by atoms with Crippen LogP contribution in [0.4, 0.5) is 0 Å². The van der Waals surface area contributed by atoms with Crippen LogP contribution in [0.5, 0.6) is 11.5 Å². The molecule has 7 heteroatoms. The molecule has 150 valence electrons. The number of carbonyl (C=O) groups excluding carboxylic acids is 2. The largest absolute Gasteiger partial charge is 0.497 e. The summed E-state index contributed by atoms with van der Waals surface area (Å²) >= 11 is 0. The number of benzene rings is 2. The third kappa shape index (κ3) is 4.82. The van der Waals surface area contributed by atoms with Crippen molar-refractivity contribution in [3.63, 3.8) is 0 Å². The molecule has 0 aliphatic carbocycles. The minimum atomic E-state index is -0.747. The van der Waals surface area contributed by atoms with E-state index in [2.05, 4.69) is 5.32 Å². The summed E-state index contributed by atoms with van der Waals surface area (Å²) in [5.41, 5.74) is -0.265. The molecule has 0 saturated heterocycles. The summed E-state index contributed by atoms with van der Waals surface area (Å²) in [6.45, 7) is 2.50. The highest BCUT2D eigenvalue weighted by atomic mass is 16.5. The molecule has 0 saturated carbocycles. The van der Waals surface area contributed by atoms with Crippen molar-refractivity contribution in [3.05, 3.63) is 70.1 Å². The maximum absolute atomic E-state index is 12.3. The predicted molar refractivity (Wildman–Crippen MR) is 108 cm³/mol. The van der Waals surface area contributed by atoms with Gasteiger partial charge >= 0.3 is 11.6 Å². The fourth-order valence-electron chi connectivity index (χ4n) is 2.70. The summed E-state index contributed by atoms with van der Waals surface area (Å²) < 4.78 is 15.7. The van der Waals surface area contributed by atoms with Gasteiger partial charge in [-0.25, -0.2) is 9.59 Å². The monoisotopic (exact) mass is 395 g/mol.